The summed E-state index contributed by atoms with van der Waals surface area (Å²) < 4.78 is 0. The molecule has 0 radical (unpaired) electrons. The van der Waals surface area contributed by atoms with Crippen LogP contribution in [0.15, 0.2) is 6.20 Å². The molecule has 0 aliphatic heterocycles. The van der Waals surface area contributed by atoms with Crippen LogP contribution >= 0.6 is 0 Å². The van der Waals surface area contributed by atoms with Gasteiger partial charge >= 0.3 is 0 Å². The Labute approximate surface area is 55.9 Å². The van der Waals surface area contributed by atoms with Gasteiger partial charge in [-0.05, 0) is 0 Å². The Morgan fingerprint density at radius 3 is 2.90 bits per heavy atom. The molecule has 2 N–H and O–H groups in total. The Bertz CT molecular complexity index is 295. The summed E-state index contributed by atoms with van der Waals surface area (Å²) in [6.07, 6.45) is 2.72. The predicted molar refractivity (Wildman–Crippen MR) is 29.6 cm³/mol. The van der Waals surface area contributed by atoms with Gasteiger partial charge in [-0.25, -0.2) is 0 Å². The number of rotatable bonds is 1. The number of nitrogens with zero attached hydrogens (tertiary/aromatic N) is 4. The molecule has 0 fully saturated rings. The molecule has 0 aliphatic rings. The summed E-state index contributed by atoms with van der Waals surface area (Å²) in [6.45, 7) is 0. The number of amides is 1. The van der Waals surface area contributed by atoms with Crippen LogP contribution in [-0.4, -0.2) is 20.9 Å². The quantitative estimate of drug-likeness (QED) is 0.520. The molecule has 1 aromatic rings. The van der Waals surface area contributed by atoms with Crippen LogP contribution in [0.2, 0.25) is 0 Å². The molecule has 1 aromatic heterocycles. The summed E-state index contributed by atoms with van der Waals surface area (Å²) in [5.41, 5.74) is 4.81. The third-order valence-corrected chi connectivity index (χ3v) is 0.834. The van der Waals surface area contributed by atoms with E-state index < -0.39 is 5.91 Å². The van der Waals surface area contributed by atoms with E-state index in [-0.39, 0.29) is 5.69 Å². The lowest BCUT2D eigenvalue weighted by Crippen LogP contribution is -2.11. The maximum absolute atomic E-state index is 10.3. The second kappa shape index (κ2) is 2.14. The Kier molecular flexibility index (Phi) is 1.33. The lowest BCUT2D eigenvalue weighted by atomic mass is 10.5. The van der Waals surface area contributed by atoms with Crippen LogP contribution in [0.3, 0.4) is 0 Å². The Hall–Kier alpha value is -1.90. The zero-order valence-corrected chi connectivity index (χ0v) is 4.85. The lowest BCUT2D eigenvalue weighted by molar-refractivity contribution is 0.0995. The highest BCUT2D eigenvalue weighted by Gasteiger charge is 2.03. The summed E-state index contributed by atoms with van der Waals surface area (Å²) in [6, 6.07) is 0. The number of hydrogen-bond acceptors (Lipinski definition) is 4. The fraction of sp³-hybridized carbons (Fsp3) is 0. The Morgan fingerprint density at radius 2 is 2.60 bits per heavy atom. The number of carbonyl (C=O) groups excluding carboxylic acids is 1. The molecule has 1 rings (SSSR count). The van der Waals surface area contributed by atoms with Crippen LogP contribution in [0.4, 0.5) is 0 Å². The van der Waals surface area contributed by atoms with E-state index in [9.17, 15) is 4.79 Å². The molecule has 0 atom stereocenters. The van der Waals surface area contributed by atoms with Crippen molar-refractivity contribution in [1.82, 2.24) is 15.0 Å². The van der Waals surface area contributed by atoms with Crippen LogP contribution in [0.5, 0.6) is 0 Å². The number of carbonyl (C=O) groups is 1. The van der Waals surface area contributed by atoms with Gasteiger partial charge in [0.2, 0.25) is 6.19 Å². The molecule has 0 aromatic carbocycles. The van der Waals surface area contributed by atoms with Gasteiger partial charge in [-0.15, -0.1) is 10.2 Å². The normalized spacial score (nSPS) is 8.70. The fourth-order valence-electron chi connectivity index (χ4n) is 0.424. The van der Waals surface area contributed by atoms with Gasteiger partial charge in [-0.1, -0.05) is 4.80 Å². The molecule has 6 heteroatoms. The zero-order valence-electron chi connectivity index (χ0n) is 4.85. The van der Waals surface area contributed by atoms with E-state index in [1.807, 2.05) is 0 Å². The molecule has 0 aliphatic carbocycles. The van der Waals surface area contributed by atoms with Crippen molar-refractivity contribution in [2.24, 2.45) is 5.73 Å². The highest BCUT2D eigenvalue weighted by atomic mass is 16.1. The van der Waals surface area contributed by atoms with Crippen LogP contribution < -0.4 is 5.73 Å². The first-order valence-electron chi connectivity index (χ1n) is 2.36. The molecular weight excluding hydrogens is 134 g/mol. The largest absolute Gasteiger partial charge is 0.364 e. The van der Waals surface area contributed by atoms with Crippen molar-refractivity contribution >= 4 is 5.91 Å². The van der Waals surface area contributed by atoms with Gasteiger partial charge in [0.25, 0.3) is 5.91 Å². The number of nitriles is 1. The Balaban J connectivity index is 3.02. The first-order chi connectivity index (χ1) is 4.74. The van der Waals surface area contributed by atoms with Gasteiger partial charge in [0.1, 0.15) is 0 Å². The van der Waals surface area contributed by atoms with Crippen LogP contribution in [0, 0.1) is 11.5 Å². The smallest absolute Gasteiger partial charge is 0.270 e. The van der Waals surface area contributed by atoms with E-state index >= 15 is 0 Å². The molecule has 0 spiro atoms. The van der Waals surface area contributed by atoms with Crippen molar-refractivity contribution in [3.05, 3.63) is 11.9 Å². The van der Waals surface area contributed by atoms with Crippen molar-refractivity contribution in [1.29, 1.82) is 5.26 Å². The van der Waals surface area contributed by atoms with E-state index in [4.69, 9.17) is 11.0 Å². The molecule has 0 saturated heterocycles. The van der Waals surface area contributed by atoms with Crippen LogP contribution in [0.25, 0.3) is 0 Å². The standard InChI is InChI=1S/C4H3N5O/c5-2-9-7-1-3(8-9)4(6)10/h1H,(H2,6,10). The minimum Gasteiger partial charge on any atom is -0.364 e. The van der Waals surface area contributed by atoms with Gasteiger partial charge < -0.3 is 5.73 Å². The highest BCUT2D eigenvalue weighted by molar-refractivity contribution is 5.90. The summed E-state index contributed by atoms with van der Waals surface area (Å²) in [5.74, 6) is -0.693. The van der Waals surface area contributed by atoms with Crippen LogP contribution in [-0.2, 0) is 0 Å². The van der Waals surface area contributed by atoms with Crippen molar-refractivity contribution in [2.45, 2.75) is 0 Å². The molecule has 0 saturated carbocycles. The molecule has 0 unspecified atom stereocenters. The van der Waals surface area contributed by atoms with Gasteiger partial charge in [0, 0.05) is 0 Å². The Morgan fingerprint density at radius 1 is 1.90 bits per heavy atom. The number of aromatic nitrogens is 3. The van der Waals surface area contributed by atoms with Gasteiger partial charge in [-0.2, -0.15) is 5.26 Å². The van der Waals surface area contributed by atoms with Crippen molar-refractivity contribution in [3.63, 3.8) is 0 Å². The van der Waals surface area contributed by atoms with E-state index in [1.54, 1.807) is 6.19 Å². The fourth-order valence-corrected chi connectivity index (χ4v) is 0.424. The molecule has 1 amide bonds. The topological polar surface area (TPSA) is 97.6 Å². The average Bonchev–Trinajstić information content (AvgIpc) is 2.34. The molecule has 0 bridgehead atoms. The summed E-state index contributed by atoms with van der Waals surface area (Å²) >= 11 is 0. The summed E-state index contributed by atoms with van der Waals surface area (Å²) in [4.78, 5) is 11.0. The molecule has 50 valence electrons. The van der Waals surface area contributed by atoms with Gasteiger partial charge in [0.05, 0.1) is 6.20 Å². The average molecular weight is 137 g/mol. The second-order valence-electron chi connectivity index (χ2n) is 1.48. The third kappa shape index (κ3) is 0.925. The zero-order chi connectivity index (χ0) is 7.56. The van der Waals surface area contributed by atoms with Crippen molar-refractivity contribution < 1.29 is 4.79 Å². The molecule has 6 nitrogen and oxygen atoms in total. The van der Waals surface area contributed by atoms with E-state index in [2.05, 4.69) is 10.2 Å². The van der Waals surface area contributed by atoms with Crippen molar-refractivity contribution in [2.75, 3.05) is 0 Å². The van der Waals surface area contributed by atoms with E-state index in [0.717, 1.165) is 6.20 Å². The minimum atomic E-state index is -0.693. The number of nitrogens with two attached hydrogens (primary N) is 1. The maximum atomic E-state index is 10.3. The number of primary amides is 1. The third-order valence-electron chi connectivity index (χ3n) is 0.834. The minimum absolute atomic E-state index is 0.0125. The number of hydrogen-bond donors (Lipinski definition) is 1. The molecule has 1 heterocycles. The monoisotopic (exact) mass is 137 g/mol. The van der Waals surface area contributed by atoms with E-state index in [1.165, 1.54) is 0 Å². The van der Waals surface area contributed by atoms with Gasteiger partial charge in [0.15, 0.2) is 5.69 Å². The predicted octanol–water partition coefficient (Wildman–Crippen LogP) is -1.29. The molecular formula is C4H3N5O. The van der Waals surface area contributed by atoms with Crippen molar-refractivity contribution in [3.8, 4) is 6.19 Å². The summed E-state index contributed by atoms with van der Waals surface area (Å²) in [7, 11) is 0. The summed E-state index contributed by atoms with van der Waals surface area (Å²) in [5, 5.41) is 15.0. The first kappa shape index (κ1) is 6.22. The maximum Gasteiger partial charge on any atom is 0.270 e. The lowest BCUT2D eigenvalue weighted by Gasteiger charge is -1.79. The van der Waals surface area contributed by atoms with E-state index in [0.29, 0.717) is 4.80 Å². The molecule has 10 heavy (non-hydrogen) atoms. The van der Waals surface area contributed by atoms with Gasteiger partial charge in [-0.3, -0.25) is 4.79 Å². The first-order valence-corrected chi connectivity index (χ1v) is 2.36. The van der Waals surface area contributed by atoms with Crippen LogP contribution in [0.1, 0.15) is 10.5 Å². The SMILES string of the molecule is N#Cn1ncc(C(N)=O)n1. The highest BCUT2D eigenvalue weighted by Crippen LogP contribution is 1.86. The second-order valence-corrected chi connectivity index (χ2v) is 1.48.